The lowest BCUT2D eigenvalue weighted by atomic mass is 10.1. The summed E-state index contributed by atoms with van der Waals surface area (Å²) >= 11 is 6.82. The van der Waals surface area contributed by atoms with Crippen LogP contribution in [0.4, 0.5) is 15.9 Å². The summed E-state index contributed by atoms with van der Waals surface area (Å²) in [4.78, 5) is 35.1. The van der Waals surface area contributed by atoms with E-state index < -0.39 is 38.9 Å². The molecule has 1 unspecified atom stereocenters. The molecule has 0 spiro atoms. The number of halogens is 2. The number of benzene rings is 3. The van der Waals surface area contributed by atoms with Gasteiger partial charge in [-0.15, -0.1) is 0 Å². The second kappa shape index (κ2) is 14.1. The quantitative estimate of drug-likeness (QED) is 0.148. The molecule has 1 saturated heterocycles. The van der Waals surface area contributed by atoms with Crippen LogP contribution in [0.25, 0.3) is 10.9 Å². The number of rotatable bonds is 12. The third-order valence-corrected chi connectivity index (χ3v) is 11.4. The van der Waals surface area contributed by atoms with Crippen LogP contribution in [-0.2, 0) is 10.0 Å². The Bertz CT molecular complexity index is 2320. The lowest BCUT2D eigenvalue weighted by Gasteiger charge is -2.23. The minimum Gasteiger partial charge on any atom is -0.477 e. The van der Waals surface area contributed by atoms with Crippen molar-refractivity contribution in [1.82, 2.24) is 18.8 Å². The summed E-state index contributed by atoms with van der Waals surface area (Å²) in [6, 6.07) is 17.1. The number of carbonyl (C=O) groups is 1. The summed E-state index contributed by atoms with van der Waals surface area (Å²) < 4.78 is 50.0. The highest BCUT2D eigenvalue weighted by Gasteiger charge is 2.32. The number of likely N-dealkylation sites (N-methyl/N-ethyl adjacent to an activating group) is 1. The van der Waals surface area contributed by atoms with Gasteiger partial charge in [0.25, 0.3) is 0 Å². The standard InChI is InChI=1S/C36H34ClFN6O7S/c1-42(52(49,50)25-5-3-2-4-6-25)19-29(45)21-7-11-24(12-8-21)51-31-16-30(39-20-40-31)41-22-13-14-43(17-22)34-28(38)15-26-33(32(34)37)44(23-9-10-23)18-27(35(26)46)36(47)48/h2-8,11-12,15-16,18,20,22-23,29,45H,9-10,13-14,17,19H2,1H3,(H,47,48)(H,39,40,41)/t22?,29-/m0/s1. The fraction of sp³-hybridized carbons (Fsp3) is 0.278. The van der Waals surface area contributed by atoms with Crippen LogP contribution in [0.15, 0.2) is 88.9 Å². The van der Waals surface area contributed by atoms with Gasteiger partial charge in [-0.05, 0) is 55.2 Å². The van der Waals surface area contributed by atoms with Crippen molar-refractivity contribution in [2.45, 2.75) is 42.3 Å². The van der Waals surface area contributed by atoms with Gasteiger partial charge in [-0.2, -0.15) is 4.31 Å². The number of ether oxygens (including phenoxy) is 1. The zero-order valence-electron chi connectivity index (χ0n) is 27.8. The molecule has 2 aliphatic rings. The molecule has 52 heavy (non-hydrogen) atoms. The number of nitrogens with one attached hydrogen (secondary N) is 1. The number of hydrogen-bond donors (Lipinski definition) is 3. The highest BCUT2D eigenvalue weighted by atomic mass is 35.5. The number of aliphatic hydroxyl groups excluding tert-OH is 1. The zero-order chi connectivity index (χ0) is 36.7. The van der Waals surface area contributed by atoms with Crippen molar-refractivity contribution < 1.29 is 32.6 Å². The van der Waals surface area contributed by atoms with Crippen molar-refractivity contribution in [3.8, 4) is 11.6 Å². The van der Waals surface area contributed by atoms with Gasteiger partial charge in [0.05, 0.1) is 32.6 Å². The van der Waals surface area contributed by atoms with Gasteiger partial charge < -0.3 is 29.7 Å². The summed E-state index contributed by atoms with van der Waals surface area (Å²) in [5.41, 5.74) is -0.213. The summed E-state index contributed by atoms with van der Waals surface area (Å²) in [6.07, 6.45) is 3.79. The average molecular weight is 749 g/mol. The molecule has 0 amide bonds. The van der Waals surface area contributed by atoms with Crippen LogP contribution in [0.3, 0.4) is 0 Å². The number of aromatic carboxylic acids is 1. The number of aliphatic hydroxyl groups is 1. The van der Waals surface area contributed by atoms with E-state index in [1.165, 1.54) is 31.7 Å². The third kappa shape index (κ3) is 7.04. The van der Waals surface area contributed by atoms with Gasteiger partial charge in [-0.25, -0.2) is 27.6 Å². The Morgan fingerprint density at radius 2 is 1.85 bits per heavy atom. The first kappa shape index (κ1) is 35.3. The van der Waals surface area contributed by atoms with Gasteiger partial charge >= 0.3 is 5.97 Å². The monoisotopic (exact) mass is 748 g/mol. The third-order valence-electron chi connectivity index (χ3n) is 9.22. The number of carboxylic acid groups (broad SMARTS) is 1. The zero-order valence-corrected chi connectivity index (χ0v) is 29.4. The van der Waals surface area contributed by atoms with E-state index in [1.54, 1.807) is 58.0 Å². The van der Waals surface area contributed by atoms with Gasteiger partial charge in [0.15, 0.2) is 0 Å². The van der Waals surface area contributed by atoms with Crippen molar-refractivity contribution in [2.75, 3.05) is 36.9 Å². The van der Waals surface area contributed by atoms with Gasteiger partial charge in [0.1, 0.15) is 29.3 Å². The number of aromatic nitrogens is 3. The summed E-state index contributed by atoms with van der Waals surface area (Å²) in [6.45, 7) is 0.683. The van der Waals surface area contributed by atoms with E-state index in [0.29, 0.717) is 42.2 Å². The van der Waals surface area contributed by atoms with Crippen LogP contribution in [0.5, 0.6) is 11.6 Å². The molecule has 3 N–H and O–H groups in total. The number of hydrogen-bond acceptors (Lipinski definition) is 10. The SMILES string of the molecule is CN(C[C@H](O)c1ccc(Oc2cc(NC3CCN(c4c(F)cc5c(=O)c(C(=O)O)cn(C6CC6)c5c4Cl)C3)ncn2)cc1)S(=O)(=O)c1ccccc1. The smallest absolute Gasteiger partial charge is 0.341 e. The molecular formula is C36H34ClFN6O7S. The van der Waals surface area contributed by atoms with E-state index in [2.05, 4.69) is 15.3 Å². The van der Waals surface area contributed by atoms with E-state index in [1.807, 2.05) is 0 Å². The van der Waals surface area contributed by atoms with Crippen molar-refractivity contribution >= 4 is 50.0 Å². The maximum absolute atomic E-state index is 15.6. The van der Waals surface area contributed by atoms with Crippen LogP contribution >= 0.6 is 11.6 Å². The van der Waals surface area contributed by atoms with Gasteiger partial charge in [-0.3, -0.25) is 4.79 Å². The molecule has 0 radical (unpaired) electrons. The number of sulfonamides is 1. The number of pyridine rings is 1. The highest BCUT2D eigenvalue weighted by molar-refractivity contribution is 7.89. The molecule has 3 heterocycles. The fourth-order valence-electron chi connectivity index (χ4n) is 6.38. The maximum atomic E-state index is 15.6. The molecule has 270 valence electrons. The van der Waals surface area contributed by atoms with Gasteiger partial charge in [0.2, 0.25) is 21.3 Å². The summed E-state index contributed by atoms with van der Waals surface area (Å²) in [5.74, 6) is -0.932. The predicted octanol–water partition coefficient (Wildman–Crippen LogP) is 5.45. The van der Waals surface area contributed by atoms with Crippen LogP contribution in [-0.4, -0.2) is 76.2 Å². The predicted molar refractivity (Wildman–Crippen MR) is 192 cm³/mol. The van der Waals surface area contributed by atoms with Gasteiger partial charge in [0, 0.05) is 51.0 Å². The fourth-order valence-corrected chi connectivity index (χ4v) is 7.98. The van der Waals surface area contributed by atoms with Crippen LogP contribution < -0.4 is 20.4 Å². The molecule has 16 heteroatoms. The van der Waals surface area contributed by atoms with E-state index in [0.717, 1.165) is 23.2 Å². The van der Waals surface area contributed by atoms with E-state index in [4.69, 9.17) is 16.3 Å². The van der Waals surface area contributed by atoms with Crippen LogP contribution in [0.2, 0.25) is 5.02 Å². The molecule has 1 aliphatic heterocycles. The molecule has 13 nitrogen and oxygen atoms in total. The minimum absolute atomic E-state index is 0.0120. The average Bonchev–Trinajstić information content (AvgIpc) is 3.88. The van der Waals surface area contributed by atoms with Crippen molar-refractivity contribution in [1.29, 1.82) is 0 Å². The first-order chi connectivity index (χ1) is 24.9. The Morgan fingerprint density at radius 1 is 1.12 bits per heavy atom. The molecule has 2 fully saturated rings. The largest absolute Gasteiger partial charge is 0.477 e. The number of nitrogens with zero attached hydrogens (tertiary/aromatic N) is 5. The molecular weight excluding hydrogens is 715 g/mol. The second-order valence-corrected chi connectivity index (χ2v) is 15.3. The molecule has 5 aromatic rings. The first-order valence-corrected chi connectivity index (χ1v) is 18.3. The number of carboxylic acids is 1. The molecule has 2 aromatic heterocycles. The van der Waals surface area contributed by atoms with E-state index in [9.17, 15) is 28.2 Å². The Labute approximate surface area is 302 Å². The lowest BCUT2D eigenvalue weighted by molar-refractivity contribution is 0.0694. The number of fused-ring (bicyclic) bond motifs is 1. The Morgan fingerprint density at radius 3 is 2.54 bits per heavy atom. The van der Waals surface area contributed by atoms with E-state index in [-0.39, 0.29) is 45.5 Å². The molecule has 2 atom stereocenters. The molecule has 1 aliphatic carbocycles. The van der Waals surface area contributed by atoms with Crippen molar-refractivity contribution in [2.24, 2.45) is 0 Å². The number of anilines is 2. The summed E-state index contributed by atoms with van der Waals surface area (Å²) in [7, 11) is -2.35. The minimum atomic E-state index is -3.77. The molecule has 1 saturated carbocycles. The topological polar surface area (TPSA) is 167 Å². The highest BCUT2D eigenvalue weighted by Crippen LogP contribution is 2.43. The second-order valence-electron chi connectivity index (χ2n) is 12.8. The van der Waals surface area contributed by atoms with Gasteiger partial charge in [-0.1, -0.05) is 41.9 Å². The molecule has 3 aromatic carbocycles. The normalized spacial score (nSPS) is 16.7. The summed E-state index contributed by atoms with van der Waals surface area (Å²) in [5, 5.41) is 23.7. The Hall–Kier alpha value is -5.09. The van der Waals surface area contributed by atoms with Crippen molar-refractivity contribution in [3.05, 3.63) is 111 Å². The van der Waals surface area contributed by atoms with Crippen molar-refractivity contribution in [3.63, 3.8) is 0 Å². The van der Waals surface area contributed by atoms with Crippen LogP contribution in [0, 0.1) is 5.82 Å². The van der Waals surface area contributed by atoms with E-state index >= 15 is 4.39 Å². The lowest BCUT2D eigenvalue weighted by Crippen LogP contribution is -2.31. The molecule has 0 bridgehead atoms. The van der Waals surface area contributed by atoms with Crippen LogP contribution in [0.1, 0.15) is 47.3 Å². The maximum Gasteiger partial charge on any atom is 0.341 e. The first-order valence-electron chi connectivity index (χ1n) is 16.5. The molecule has 7 rings (SSSR count). The Balaban J connectivity index is 1.01. The Kier molecular flexibility index (Phi) is 9.61.